The second-order valence-corrected chi connectivity index (χ2v) is 3.49. The molecule has 64 valence electrons. The van der Waals surface area contributed by atoms with Crippen LogP contribution in [0.15, 0.2) is 15.7 Å². The van der Waals surface area contributed by atoms with Gasteiger partial charge < -0.3 is 4.52 Å². The molecule has 1 heterocycles. The van der Waals surface area contributed by atoms with Crippen LogP contribution in [0.3, 0.4) is 0 Å². The van der Waals surface area contributed by atoms with E-state index in [4.69, 9.17) is 10.1 Å². The fourth-order valence-corrected chi connectivity index (χ4v) is 0.712. The molecule has 1 aromatic heterocycles. The highest BCUT2D eigenvalue weighted by molar-refractivity contribution is 5.28. The van der Waals surface area contributed by atoms with E-state index in [1.807, 2.05) is 20.8 Å². The van der Waals surface area contributed by atoms with Gasteiger partial charge in [0.2, 0.25) is 0 Å². The summed E-state index contributed by atoms with van der Waals surface area (Å²) >= 11 is 0. The van der Waals surface area contributed by atoms with Crippen molar-refractivity contribution < 1.29 is 4.52 Å². The first-order valence-corrected chi connectivity index (χ1v) is 3.56. The summed E-state index contributed by atoms with van der Waals surface area (Å²) in [4.78, 5) is 2.60. The van der Waals surface area contributed by atoms with E-state index < -0.39 is 0 Å². The zero-order valence-electron chi connectivity index (χ0n) is 7.27. The van der Waals surface area contributed by atoms with E-state index in [1.54, 1.807) is 6.07 Å². The van der Waals surface area contributed by atoms with Gasteiger partial charge >= 0.3 is 0 Å². The van der Waals surface area contributed by atoms with E-state index in [9.17, 15) is 0 Å². The quantitative estimate of drug-likeness (QED) is 0.365. The highest BCUT2D eigenvalue weighted by Gasteiger charge is 2.18. The fraction of sp³-hybridized carbons (Fsp3) is 0.571. The molecule has 0 atom stereocenters. The van der Waals surface area contributed by atoms with Crippen LogP contribution in [-0.2, 0) is 5.41 Å². The first kappa shape index (κ1) is 8.62. The van der Waals surface area contributed by atoms with Crippen molar-refractivity contribution in [1.82, 2.24) is 5.16 Å². The molecular weight excluding hydrogens is 156 g/mol. The normalized spacial score (nSPS) is 10.9. The van der Waals surface area contributed by atoms with E-state index in [1.165, 1.54) is 0 Å². The molecular formula is C7H10N4O. The maximum Gasteiger partial charge on any atom is 0.170 e. The number of hydrogen-bond acceptors (Lipinski definition) is 3. The van der Waals surface area contributed by atoms with E-state index >= 15 is 0 Å². The maximum atomic E-state index is 8.11. The van der Waals surface area contributed by atoms with Gasteiger partial charge in [0.05, 0.1) is 0 Å². The smallest absolute Gasteiger partial charge is 0.170 e. The van der Waals surface area contributed by atoms with Crippen LogP contribution in [0.1, 0.15) is 26.5 Å². The second kappa shape index (κ2) is 2.87. The Hall–Kier alpha value is -1.48. The molecule has 0 aromatic carbocycles. The van der Waals surface area contributed by atoms with Crippen molar-refractivity contribution in [1.29, 1.82) is 0 Å². The molecule has 0 N–H and O–H groups in total. The van der Waals surface area contributed by atoms with Gasteiger partial charge in [-0.2, -0.15) is 0 Å². The number of hydrogen-bond donors (Lipinski definition) is 0. The van der Waals surface area contributed by atoms with Gasteiger partial charge in [-0.05, 0) is 10.6 Å². The van der Waals surface area contributed by atoms with Crippen molar-refractivity contribution in [3.05, 3.63) is 22.3 Å². The Bertz CT molecular complexity index is 316. The van der Waals surface area contributed by atoms with Gasteiger partial charge in [-0.1, -0.05) is 25.9 Å². The molecule has 0 aliphatic carbocycles. The molecule has 5 nitrogen and oxygen atoms in total. The molecule has 0 amide bonds. The van der Waals surface area contributed by atoms with Crippen LogP contribution in [0.5, 0.6) is 0 Å². The van der Waals surface area contributed by atoms with Crippen molar-refractivity contribution >= 4 is 5.82 Å². The number of azide groups is 1. The molecule has 12 heavy (non-hydrogen) atoms. The Labute approximate surface area is 70.0 Å². The van der Waals surface area contributed by atoms with Crippen LogP contribution in [0.2, 0.25) is 0 Å². The Morgan fingerprint density at radius 1 is 1.58 bits per heavy atom. The van der Waals surface area contributed by atoms with Crippen LogP contribution < -0.4 is 0 Å². The van der Waals surface area contributed by atoms with E-state index in [0.29, 0.717) is 5.76 Å². The molecule has 0 spiro atoms. The lowest BCUT2D eigenvalue weighted by Crippen LogP contribution is -2.08. The lowest BCUT2D eigenvalue weighted by atomic mass is 9.93. The Morgan fingerprint density at radius 2 is 2.25 bits per heavy atom. The molecule has 0 saturated heterocycles. The zero-order chi connectivity index (χ0) is 9.19. The summed E-state index contributed by atoms with van der Waals surface area (Å²) in [6.45, 7) is 5.98. The molecule has 0 aliphatic heterocycles. The minimum atomic E-state index is -0.101. The minimum Gasteiger partial charge on any atom is -0.360 e. The van der Waals surface area contributed by atoms with Crippen molar-refractivity contribution in [3.63, 3.8) is 0 Å². The Kier molecular flexibility index (Phi) is 2.06. The van der Waals surface area contributed by atoms with Crippen molar-refractivity contribution in [2.24, 2.45) is 5.11 Å². The zero-order valence-corrected chi connectivity index (χ0v) is 7.27. The summed E-state index contributed by atoms with van der Waals surface area (Å²) < 4.78 is 4.97. The van der Waals surface area contributed by atoms with Crippen LogP contribution in [0.25, 0.3) is 10.4 Å². The minimum absolute atomic E-state index is 0.101. The van der Waals surface area contributed by atoms with Crippen LogP contribution in [-0.4, -0.2) is 5.16 Å². The van der Waals surface area contributed by atoms with Gasteiger partial charge in [-0.3, -0.25) is 0 Å². The molecule has 0 fully saturated rings. The summed E-state index contributed by atoms with van der Waals surface area (Å²) in [6.07, 6.45) is 0. The summed E-state index contributed by atoms with van der Waals surface area (Å²) in [7, 11) is 0. The van der Waals surface area contributed by atoms with E-state index in [0.717, 1.165) is 0 Å². The van der Waals surface area contributed by atoms with E-state index in [2.05, 4.69) is 15.2 Å². The maximum absolute atomic E-state index is 8.11. The van der Waals surface area contributed by atoms with Gasteiger partial charge in [0.1, 0.15) is 5.76 Å². The first-order valence-electron chi connectivity index (χ1n) is 3.56. The summed E-state index contributed by atoms with van der Waals surface area (Å²) in [6, 6.07) is 1.64. The Morgan fingerprint density at radius 3 is 2.67 bits per heavy atom. The standard InChI is InChI=1S/C7H10N4O/c1-7(2,3)5-4-6(9-11-8)10-12-5/h4H,1-3H3. The summed E-state index contributed by atoms with van der Waals surface area (Å²) in [5, 5.41) is 6.89. The molecule has 0 saturated carbocycles. The third kappa shape index (κ3) is 1.77. The first-order chi connectivity index (χ1) is 5.54. The highest BCUT2D eigenvalue weighted by atomic mass is 16.5. The average molecular weight is 166 g/mol. The van der Waals surface area contributed by atoms with Crippen molar-refractivity contribution in [2.75, 3.05) is 0 Å². The monoisotopic (exact) mass is 166 g/mol. The van der Waals surface area contributed by atoms with Gasteiger partial charge in [-0.25, -0.2) is 0 Å². The second-order valence-electron chi connectivity index (χ2n) is 3.49. The average Bonchev–Trinajstić information content (AvgIpc) is 2.35. The van der Waals surface area contributed by atoms with Crippen LogP contribution in [0.4, 0.5) is 5.82 Å². The topological polar surface area (TPSA) is 74.8 Å². The molecule has 0 bridgehead atoms. The molecule has 1 rings (SSSR count). The number of rotatable bonds is 1. The number of nitrogens with zero attached hydrogens (tertiary/aromatic N) is 4. The molecule has 0 aliphatic rings. The predicted molar refractivity (Wildman–Crippen MR) is 44.0 cm³/mol. The number of aromatic nitrogens is 1. The highest BCUT2D eigenvalue weighted by Crippen LogP contribution is 2.25. The lowest BCUT2D eigenvalue weighted by molar-refractivity contribution is 0.330. The SMILES string of the molecule is CC(C)(C)c1cc(N=[N+]=[N-])no1. The van der Waals surface area contributed by atoms with Gasteiger partial charge in [0, 0.05) is 16.4 Å². The van der Waals surface area contributed by atoms with Gasteiger partial charge in [0.15, 0.2) is 5.82 Å². The van der Waals surface area contributed by atoms with Crippen LogP contribution >= 0.6 is 0 Å². The van der Waals surface area contributed by atoms with Gasteiger partial charge in [-0.15, -0.1) is 0 Å². The molecule has 0 unspecified atom stereocenters. The third-order valence-corrected chi connectivity index (χ3v) is 1.38. The molecule has 1 aromatic rings. The lowest BCUT2D eigenvalue weighted by Gasteiger charge is -2.11. The van der Waals surface area contributed by atoms with Crippen LogP contribution in [0, 0.1) is 0 Å². The predicted octanol–water partition coefficient (Wildman–Crippen LogP) is 2.91. The van der Waals surface area contributed by atoms with E-state index in [-0.39, 0.29) is 11.2 Å². The Balaban J connectivity index is 2.99. The van der Waals surface area contributed by atoms with Crippen molar-refractivity contribution in [2.45, 2.75) is 26.2 Å². The molecule has 0 radical (unpaired) electrons. The molecule has 5 heteroatoms. The largest absolute Gasteiger partial charge is 0.360 e. The van der Waals surface area contributed by atoms with Crippen molar-refractivity contribution in [3.8, 4) is 0 Å². The fourth-order valence-electron chi connectivity index (χ4n) is 0.712. The summed E-state index contributed by atoms with van der Waals surface area (Å²) in [5.41, 5.74) is 8.01. The van der Waals surface area contributed by atoms with Gasteiger partial charge in [0.25, 0.3) is 0 Å². The third-order valence-electron chi connectivity index (χ3n) is 1.38. The summed E-state index contributed by atoms with van der Waals surface area (Å²) in [5.74, 6) is 0.993.